The number of rotatable bonds is 4. The van der Waals surface area contributed by atoms with Crippen LogP contribution in [-0.4, -0.2) is 35.3 Å². The number of nitrogens with one attached hydrogen (secondary N) is 1. The first-order chi connectivity index (χ1) is 10.1. The molecule has 0 bridgehead atoms. The normalized spacial score (nSPS) is 28.7. The van der Waals surface area contributed by atoms with Crippen molar-refractivity contribution in [2.24, 2.45) is 5.92 Å². The van der Waals surface area contributed by atoms with E-state index in [2.05, 4.69) is 31.3 Å². The van der Waals surface area contributed by atoms with Crippen LogP contribution >= 0.6 is 0 Å². The maximum Gasteiger partial charge on any atom is 0.245 e. The molecule has 3 atom stereocenters. The number of carbonyl (C=O) groups excluding carboxylic acids is 2. The number of piperazine rings is 1. The Hall–Kier alpha value is -1.84. The minimum absolute atomic E-state index is 0.0287. The first-order valence-corrected chi connectivity index (χ1v) is 7.71. The Morgan fingerprint density at radius 1 is 1.24 bits per heavy atom. The quantitative estimate of drug-likeness (QED) is 0.919. The van der Waals surface area contributed by atoms with Crippen molar-refractivity contribution in [2.75, 3.05) is 6.54 Å². The summed E-state index contributed by atoms with van der Waals surface area (Å²) >= 11 is 0. The molecule has 1 aromatic carbocycles. The molecule has 0 spiro atoms. The monoisotopic (exact) mass is 286 g/mol. The van der Waals surface area contributed by atoms with Crippen molar-refractivity contribution in [3.8, 4) is 0 Å². The van der Waals surface area contributed by atoms with Gasteiger partial charge >= 0.3 is 0 Å². The van der Waals surface area contributed by atoms with E-state index in [0.29, 0.717) is 18.3 Å². The Morgan fingerprint density at radius 2 is 1.95 bits per heavy atom. The highest BCUT2D eigenvalue weighted by Crippen LogP contribution is 2.45. The van der Waals surface area contributed by atoms with Crippen molar-refractivity contribution < 1.29 is 9.59 Å². The molecule has 1 aliphatic heterocycles. The van der Waals surface area contributed by atoms with Crippen molar-refractivity contribution >= 4 is 11.8 Å². The molecule has 1 saturated carbocycles. The van der Waals surface area contributed by atoms with Crippen LogP contribution in [0.2, 0.25) is 0 Å². The standard InChI is InChI=1S/C17H22N2O2/c1-11(2)8-14-17(21)19(10-16(20)18-14)15-9-13(15)12-6-4-3-5-7-12/h3-7,11,13-15H,8-10H2,1-2H3,(H,18,20). The van der Waals surface area contributed by atoms with E-state index in [0.717, 1.165) is 6.42 Å². The summed E-state index contributed by atoms with van der Waals surface area (Å²) in [6.45, 7) is 4.35. The summed E-state index contributed by atoms with van der Waals surface area (Å²) in [6.07, 6.45) is 1.68. The zero-order valence-electron chi connectivity index (χ0n) is 12.6. The van der Waals surface area contributed by atoms with Crippen LogP contribution in [0.15, 0.2) is 30.3 Å². The van der Waals surface area contributed by atoms with Gasteiger partial charge in [0.15, 0.2) is 0 Å². The molecule has 0 radical (unpaired) electrons. The van der Waals surface area contributed by atoms with E-state index in [-0.39, 0.29) is 30.4 Å². The first-order valence-electron chi connectivity index (χ1n) is 7.71. The lowest BCUT2D eigenvalue weighted by molar-refractivity contribution is -0.145. The molecule has 0 aromatic heterocycles. The third kappa shape index (κ3) is 2.94. The maximum atomic E-state index is 12.6. The Morgan fingerprint density at radius 3 is 2.62 bits per heavy atom. The molecule has 3 unspecified atom stereocenters. The largest absolute Gasteiger partial charge is 0.343 e. The van der Waals surface area contributed by atoms with Crippen LogP contribution in [0.1, 0.15) is 38.2 Å². The number of hydrogen-bond donors (Lipinski definition) is 1. The third-order valence-electron chi connectivity index (χ3n) is 4.32. The summed E-state index contributed by atoms with van der Waals surface area (Å²) < 4.78 is 0. The second-order valence-corrected chi connectivity index (χ2v) is 6.54. The van der Waals surface area contributed by atoms with Gasteiger partial charge in [-0.1, -0.05) is 44.2 Å². The van der Waals surface area contributed by atoms with E-state index in [1.807, 2.05) is 18.2 Å². The fourth-order valence-corrected chi connectivity index (χ4v) is 3.23. The average molecular weight is 286 g/mol. The van der Waals surface area contributed by atoms with Crippen LogP contribution < -0.4 is 5.32 Å². The van der Waals surface area contributed by atoms with E-state index in [4.69, 9.17) is 0 Å². The van der Waals surface area contributed by atoms with Crippen molar-refractivity contribution in [1.82, 2.24) is 10.2 Å². The van der Waals surface area contributed by atoms with Crippen LogP contribution in [-0.2, 0) is 9.59 Å². The molecule has 1 aromatic rings. The molecule has 1 aliphatic carbocycles. The summed E-state index contributed by atoms with van der Waals surface area (Å²) in [7, 11) is 0. The van der Waals surface area contributed by atoms with Crippen molar-refractivity contribution in [3.63, 3.8) is 0 Å². The van der Waals surface area contributed by atoms with E-state index < -0.39 is 0 Å². The second-order valence-electron chi connectivity index (χ2n) is 6.54. The average Bonchev–Trinajstić information content (AvgIpc) is 3.23. The Balaban J connectivity index is 1.71. The number of nitrogens with zero attached hydrogens (tertiary/aromatic N) is 1. The molecule has 2 aliphatic rings. The van der Waals surface area contributed by atoms with E-state index in [1.165, 1.54) is 5.56 Å². The lowest BCUT2D eigenvalue weighted by atomic mass is 10.0. The Kier molecular flexibility index (Phi) is 3.70. The molecule has 21 heavy (non-hydrogen) atoms. The van der Waals surface area contributed by atoms with Crippen molar-refractivity contribution in [3.05, 3.63) is 35.9 Å². The predicted molar refractivity (Wildman–Crippen MR) is 80.7 cm³/mol. The SMILES string of the molecule is CC(C)CC1NC(=O)CN(C2CC2c2ccccc2)C1=O. The molecule has 3 rings (SSSR count). The summed E-state index contributed by atoms with van der Waals surface area (Å²) in [5, 5.41) is 2.83. The highest BCUT2D eigenvalue weighted by molar-refractivity contribution is 5.95. The van der Waals surface area contributed by atoms with E-state index >= 15 is 0 Å². The van der Waals surface area contributed by atoms with Crippen LogP contribution in [0.25, 0.3) is 0 Å². The molecule has 1 N–H and O–H groups in total. The van der Waals surface area contributed by atoms with Gasteiger partial charge in [-0.15, -0.1) is 0 Å². The molecule has 112 valence electrons. The van der Waals surface area contributed by atoms with Crippen molar-refractivity contribution in [1.29, 1.82) is 0 Å². The van der Waals surface area contributed by atoms with Gasteiger partial charge in [0.05, 0.1) is 6.54 Å². The zero-order chi connectivity index (χ0) is 15.0. The van der Waals surface area contributed by atoms with Crippen LogP contribution in [0.5, 0.6) is 0 Å². The second kappa shape index (κ2) is 5.51. The lowest BCUT2D eigenvalue weighted by Gasteiger charge is -2.33. The van der Waals surface area contributed by atoms with Crippen molar-refractivity contribution in [2.45, 2.75) is 44.7 Å². The van der Waals surface area contributed by atoms with Gasteiger partial charge in [-0.05, 0) is 24.3 Å². The predicted octanol–water partition coefficient (Wildman–Crippen LogP) is 1.92. The molecular weight excluding hydrogens is 264 g/mol. The summed E-state index contributed by atoms with van der Waals surface area (Å²) in [5.41, 5.74) is 1.27. The molecule has 1 saturated heterocycles. The van der Waals surface area contributed by atoms with Gasteiger partial charge in [0.1, 0.15) is 6.04 Å². The smallest absolute Gasteiger partial charge is 0.245 e. The van der Waals surface area contributed by atoms with E-state index in [9.17, 15) is 9.59 Å². The fourth-order valence-electron chi connectivity index (χ4n) is 3.23. The van der Waals surface area contributed by atoms with Gasteiger partial charge in [-0.25, -0.2) is 0 Å². The van der Waals surface area contributed by atoms with Gasteiger partial charge < -0.3 is 10.2 Å². The molecular formula is C17H22N2O2. The Labute approximate surface area is 125 Å². The number of amides is 2. The highest BCUT2D eigenvalue weighted by Gasteiger charge is 2.48. The third-order valence-corrected chi connectivity index (χ3v) is 4.32. The molecule has 4 heteroatoms. The number of benzene rings is 1. The molecule has 2 fully saturated rings. The van der Waals surface area contributed by atoms with Crippen LogP contribution in [0, 0.1) is 5.92 Å². The number of hydrogen-bond acceptors (Lipinski definition) is 2. The molecule has 1 heterocycles. The van der Waals surface area contributed by atoms with E-state index in [1.54, 1.807) is 4.90 Å². The topological polar surface area (TPSA) is 49.4 Å². The maximum absolute atomic E-state index is 12.6. The minimum Gasteiger partial charge on any atom is -0.343 e. The van der Waals surface area contributed by atoms with Gasteiger partial charge in [0.25, 0.3) is 0 Å². The van der Waals surface area contributed by atoms with Crippen LogP contribution in [0.3, 0.4) is 0 Å². The Bertz CT molecular complexity index is 541. The van der Waals surface area contributed by atoms with Gasteiger partial charge in [-0.3, -0.25) is 9.59 Å². The van der Waals surface area contributed by atoms with Gasteiger partial charge in [0.2, 0.25) is 11.8 Å². The minimum atomic E-state index is -0.344. The van der Waals surface area contributed by atoms with Gasteiger partial charge in [0, 0.05) is 12.0 Å². The first kappa shape index (κ1) is 14.1. The summed E-state index contributed by atoms with van der Waals surface area (Å²) in [4.78, 5) is 26.3. The zero-order valence-corrected chi connectivity index (χ0v) is 12.6. The fraction of sp³-hybridized carbons (Fsp3) is 0.529. The molecule has 4 nitrogen and oxygen atoms in total. The summed E-state index contributed by atoms with van der Waals surface area (Å²) in [5.74, 6) is 0.842. The number of carbonyl (C=O) groups is 2. The van der Waals surface area contributed by atoms with Gasteiger partial charge in [-0.2, -0.15) is 0 Å². The highest BCUT2D eigenvalue weighted by atomic mass is 16.2. The van der Waals surface area contributed by atoms with Crippen LogP contribution in [0.4, 0.5) is 0 Å². The summed E-state index contributed by atoms with van der Waals surface area (Å²) in [6, 6.07) is 10.1. The lowest BCUT2D eigenvalue weighted by Crippen LogP contribution is -2.59. The molecule has 2 amide bonds.